The zero-order valence-electron chi connectivity index (χ0n) is 8.92. The highest BCUT2D eigenvalue weighted by atomic mass is 79.9. The molecule has 0 aliphatic heterocycles. The molecule has 14 heavy (non-hydrogen) atoms. The molecule has 0 atom stereocenters. The quantitative estimate of drug-likeness (QED) is 0.727. The molecule has 0 N–H and O–H groups in total. The number of ketones is 1. The molecular formula is C11H18BrNO. The molecule has 0 amide bonds. The van der Waals surface area contributed by atoms with Gasteiger partial charge in [-0.3, -0.25) is 4.79 Å². The Kier molecular flexibility index (Phi) is 4.66. The Morgan fingerprint density at radius 1 is 1.29 bits per heavy atom. The average molecular weight is 260 g/mol. The zero-order chi connectivity index (χ0) is 10.6. The summed E-state index contributed by atoms with van der Waals surface area (Å²) in [5, 5.41) is 0. The summed E-state index contributed by atoms with van der Waals surface area (Å²) in [6.45, 7) is 0. The van der Waals surface area contributed by atoms with E-state index in [4.69, 9.17) is 0 Å². The van der Waals surface area contributed by atoms with E-state index in [-0.39, 0.29) is 11.7 Å². The lowest BCUT2D eigenvalue weighted by Crippen LogP contribution is -2.18. The highest BCUT2D eigenvalue weighted by Gasteiger charge is 2.22. The third kappa shape index (κ3) is 3.45. The van der Waals surface area contributed by atoms with E-state index in [1.54, 1.807) is 0 Å². The summed E-state index contributed by atoms with van der Waals surface area (Å²) in [5.74, 6) is 0.535. The molecule has 80 valence electrons. The van der Waals surface area contributed by atoms with Crippen LogP contribution >= 0.6 is 15.9 Å². The minimum absolute atomic E-state index is 0.259. The first kappa shape index (κ1) is 11.8. The number of hydrogen-bond acceptors (Lipinski definition) is 2. The molecule has 0 aromatic rings. The molecule has 0 aromatic carbocycles. The standard InChI is InChI=1S/C11H18BrNO/c1-13(2)8-10(12)11(14)9-6-4-3-5-7-9/h8-9H,3-7H2,1-2H3. The summed E-state index contributed by atoms with van der Waals surface area (Å²) in [7, 11) is 3.85. The fourth-order valence-electron chi connectivity index (χ4n) is 1.85. The van der Waals surface area contributed by atoms with Gasteiger partial charge in [-0.1, -0.05) is 19.3 Å². The lowest BCUT2D eigenvalue weighted by molar-refractivity contribution is -0.119. The van der Waals surface area contributed by atoms with Crippen molar-refractivity contribution in [1.29, 1.82) is 0 Å². The van der Waals surface area contributed by atoms with Crippen LogP contribution in [0, 0.1) is 5.92 Å². The first-order valence-corrected chi connectivity index (χ1v) is 5.98. The lowest BCUT2D eigenvalue weighted by Gasteiger charge is -2.20. The molecule has 0 aromatic heterocycles. The SMILES string of the molecule is CN(C)C=C(Br)C(=O)C1CCCCC1. The largest absolute Gasteiger partial charge is 0.382 e. The topological polar surface area (TPSA) is 20.3 Å². The third-order valence-corrected chi connectivity index (χ3v) is 3.18. The number of nitrogens with zero attached hydrogens (tertiary/aromatic N) is 1. The maximum Gasteiger partial charge on any atom is 0.174 e. The van der Waals surface area contributed by atoms with Crippen molar-refractivity contribution in [3.05, 3.63) is 10.7 Å². The van der Waals surface area contributed by atoms with Crippen molar-refractivity contribution in [2.75, 3.05) is 14.1 Å². The maximum atomic E-state index is 11.9. The summed E-state index contributed by atoms with van der Waals surface area (Å²) < 4.78 is 0.717. The zero-order valence-corrected chi connectivity index (χ0v) is 10.5. The minimum atomic E-state index is 0.259. The Balaban J connectivity index is 2.54. The molecule has 3 heteroatoms. The predicted molar refractivity (Wildman–Crippen MR) is 62.3 cm³/mol. The summed E-state index contributed by atoms with van der Waals surface area (Å²) >= 11 is 3.35. The number of carbonyl (C=O) groups is 1. The van der Waals surface area contributed by atoms with E-state index in [1.165, 1.54) is 19.3 Å². The van der Waals surface area contributed by atoms with Crippen LogP contribution in [-0.4, -0.2) is 24.8 Å². The molecule has 1 saturated carbocycles. The molecule has 0 saturated heterocycles. The van der Waals surface area contributed by atoms with Gasteiger partial charge in [0.15, 0.2) is 5.78 Å². The van der Waals surface area contributed by atoms with Crippen molar-refractivity contribution in [2.24, 2.45) is 5.92 Å². The second kappa shape index (κ2) is 5.54. The Hall–Kier alpha value is -0.310. The van der Waals surface area contributed by atoms with E-state index in [0.29, 0.717) is 0 Å². The number of hydrogen-bond donors (Lipinski definition) is 0. The van der Waals surface area contributed by atoms with Crippen molar-refractivity contribution in [3.8, 4) is 0 Å². The van der Waals surface area contributed by atoms with Gasteiger partial charge < -0.3 is 4.90 Å². The van der Waals surface area contributed by atoms with Gasteiger partial charge in [-0.2, -0.15) is 0 Å². The van der Waals surface area contributed by atoms with Gasteiger partial charge in [0.25, 0.3) is 0 Å². The number of Topliss-reactive ketones (excluding diaryl/α,β-unsaturated/α-hetero) is 1. The minimum Gasteiger partial charge on any atom is -0.382 e. The van der Waals surface area contributed by atoms with Crippen molar-refractivity contribution < 1.29 is 4.79 Å². The number of halogens is 1. The summed E-state index contributed by atoms with van der Waals surface area (Å²) in [4.78, 5) is 13.8. The van der Waals surface area contributed by atoms with E-state index in [2.05, 4.69) is 15.9 Å². The fraction of sp³-hybridized carbons (Fsp3) is 0.727. The summed E-state index contributed by atoms with van der Waals surface area (Å²) in [6, 6.07) is 0. The smallest absolute Gasteiger partial charge is 0.174 e. The second-order valence-corrected chi connectivity index (χ2v) is 4.99. The van der Waals surface area contributed by atoms with Gasteiger partial charge in [0.2, 0.25) is 0 Å². The molecule has 2 nitrogen and oxygen atoms in total. The van der Waals surface area contributed by atoms with Gasteiger partial charge in [0.1, 0.15) is 0 Å². The van der Waals surface area contributed by atoms with E-state index >= 15 is 0 Å². The Labute approximate surface area is 94.5 Å². The van der Waals surface area contributed by atoms with E-state index < -0.39 is 0 Å². The first-order valence-electron chi connectivity index (χ1n) is 5.19. The molecule has 1 aliphatic carbocycles. The molecule has 1 fully saturated rings. The van der Waals surface area contributed by atoms with Gasteiger partial charge in [-0.05, 0) is 28.8 Å². The van der Waals surface area contributed by atoms with Crippen LogP contribution in [0.1, 0.15) is 32.1 Å². The number of allylic oxidation sites excluding steroid dienone is 1. The molecule has 0 radical (unpaired) electrons. The van der Waals surface area contributed by atoms with Crippen LogP contribution in [0.15, 0.2) is 10.7 Å². The average Bonchev–Trinajstić information content (AvgIpc) is 2.17. The van der Waals surface area contributed by atoms with Crippen molar-refractivity contribution in [2.45, 2.75) is 32.1 Å². The first-order chi connectivity index (χ1) is 6.61. The van der Waals surface area contributed by atoms with Crippen LogP contribution in [0.5, 0.6) is 0 Å². The van der Waals surface area contributed by atoms with Gasteiger partial charge in [-0.25, -0.2) is 0 Å². The Morgan fingerprint density at radius 2 is 1.86 bits per heavy atom. The molecule has 0 bridgehead atoms. The Bertz CT molecular complexity index is 229. The molecular weight excluding hydrogens is 242 g/mol. The number of carbonyl (C=O) groups excluding carboxylic acids is 1. The Morgan fingerprint density at radius 3 is 2.36 bits per heavy atom. The van der Waals surface area contributed by atoms with Crippen molar-refractivity contribution in [1.82, 2.24) is 4.90 Å². The van der Waals surface area contributed by atoms with Crippen molar-refractivity contribution in [3.63, 3.8) is 0 Å². The summed E-state index contributed by atoms with van der Waals surface area (Å²) in [5.41, 5.74) is 0. The molecule has 0 spiro atoms. The van der Waals surface area contributed by atoms with Crippen LogP contribution in [0.25, 0.3) is 0 Å². The van der Waals surface area contributed by atoms with E-state index in [0.717, 1.165) is 17.3 Å². The van der Waals surface area contributed by atoms with Gasteiger partial charge in [0.05, 0.1) is 4.48 Å². The van der Waals surface area contributed by atoms with Crippen LogP contribution in [-0.2, 0) is 4.79 Å². The monoisotopic (exact) mass is 259 g/mol. The van der Waals surface area contributed by atoms with Crippen LogP contribution in [0.4, 0.5) is 0 Å². The highest BCUT2D eigenvalue weighted by Crippen LogP contribution is 2.28. The normalized spacial score (nSPS) is 19.5. The maximum absolute atomic E-state index is 11.9. The van der Waals surface area contributed by atoms with Gasteiger partial charge in [-0.15, -0.1) is 0 Å². The lowest BCUT2D eigenvalue weighted by atomic mass is 9.86. The molecule has 0 heterocycles. The highest BCUT2D eigenvalue weighted by molar-refractivity contribution is 9.12. The van der Waals surface area contributed by atoms with E-state index in [1.807, 2.05) is 25.2 Å². The molecule has 1 rings (SSSR count). The molecule has 0 unspecified atom stereocenters. The van der Waals surface area contributed by atoms with E-state index in [9.17, 15) is 4.79 Å². The van der Waals surface area contributed by atoms with Gasteiger partial charge >= 0.3 is 0 Å². The predicted octanol–water partition coefficient (Wildman–Crippen LogP) is 2.93. The number of rotatable bonds is 3. The summed E-state index contributed by atoms with van der Waals surface area (Å²) in [6.07, 6.45) is 7.68. The van der Waals surface area contributed by atoms with Crippen LogP contribution in [0.3, 0.4) is 0 Å². The van der Waals surface area contributed by atoms with Crippen LogP contribution < -0.4 is 0 Å². The van der Waals surface area contributed by atoms with Gasteiger partial charge in [0, 0.05) is 26.2 Å². The van der Waals surface area contributed by atoms with Crippen LogP contribution in [0.2, 0.25) is 0 Å². The van der Waals surface area contributed by atoms with Crippen molar-refractivity contribution >= 4 is 21.7 Å². The second-order valence-electron chi connectivity index (χ2n) is 4.14. The third-order valence-electron chi connectivity index (χ3n) is 2.58. The molecule has 1 aliphatic rings. The fourth-order valence-corrected chi connectivity index (χ4v) is 2.58.